The molecule has 1 atom stereocenters. The molecule has 0 heterocycles. The molecule has 0 saturated carbocycles. The third-order valence-corrected chi connectivity index (χ3v) is 4.09. The van der Waals surface area contributed by atoms with Crippen molar-refractivity contribution in [2.45, 2.75) is 31.5 Å². The minimum absolute atomic E-state index is 0.144. The number of ether oxygens (including phenoxy) is 1. The Morgan fingerprint density at radius 1 is 1.04 bits per heavy atom. The topological polar surface area (TPSA) is 29.5 Å². The molecule has 0 aliphatic heterocycles. The largest absolute Gasteiger partial charge is 0.494 e. The second-order valence-corrected chi connectivity index (χ2v) is 6.05. The van der Waals surface area contributed by atoms with Gasteiger partial charge in [-0.05, 0) is 48.6 Å². The summed E-state index contributed by atoms with van der Waals surface area (Å²) in [6, 6.07) is 12.4. The SMILES string of the molecule is OC(CCc1ccccc1C(F)(F)F)c1ccc(OCCCCl)cc1. The normalized spacial score (nSPS) is 12.8. The number of hydrogen-bond donors (Lipinski definition) is 1. The van der Waals surface area contributed by atoms with Crippen molar-refractivity contribution in [1.82, 2.24) is 0 Å². The van der Waals surface area contributed by atoms with E-state index in [-0.39, 0.29) is 18.4 Å². The molecule has 1 unspecified atom stereocenters. The van der Waals surface area contributed by atoms with E-state index in [1.54, 1.807) is 30.3 Å². The van der Waals surface area contributed by atoms with Crippen molar-refractivity contribution in [1.29, 1.82) is 0 Å². The lowest BCUT2D eigenvalue weighted by Gasteiger charge is -2.15. The molecule has 136 valence electrons. The number of aryl methyl sites for hydroxylation is 1. The predicted octanol–water partition coefficient (Wildman–Crippen LogP) is 5.38. The van der Waals surface area contributed by atoms with Crippen LogP contribution in [0.3, 0.4) is 0 Å². The van der Waals surface area contributed by atoms with Crippen molar-refractivity contribution >= 4 is 11.6 Å². The Hall–Kier alpha value is -1.72. The molecule has 25 heavy (non-hydrogen) atoms. The van der Waals surface area contributed by atoms with Crippen LogP contribution >= 0.6 is 11.6 Å². The van der Waals surface area contributed by atoms with Gasteiger partial charge in [0.15, 0.2) is 0 Å². The number of aliphatic hydroxyl groups excluding tert-OH is 1. The molecule has 0 spiro atoms. The maximum absolute atomic E-state index is 13.0. The third-order valence-electron chi connectivity index (χ3n) is 3.82. The first kappa shape index (κ1) is 19.6. The van der Waals surface area contributed by atoms with E-state index in [1.807, 2.05) is 0 Å². The molecule has 0 amide bonds. The molecule has 0 aliphatic carbocycles. The zero-order chi connectivity index (χ0) is 18.3. The quantitative estimate of drug-likeness (QED) is 0.498. The number of alkyl halides is 4. The van der Waals surface area contributed by atoms with Gasteiger partial charge < -0.3 is 9.84 Å². The van der Waals surface area contributed by atoms with Crippen molar-refractivity contribution in [3.63, 3.8) is 0 Å². The first-order valence-electron chi connectivity index (χ1n) is 8.03. The second kappa shape index (κ2) is 9.11. The van der Waals surface area contributed by atoms with Crippen LogP contribution in [0.4, 0.5) is 13.2 Å². The number of rotatable bonds is 8. The fraction of sp³-hybridized carbons (Fsp3) is 0.368. The third kappa shape index (κ3) is 5.94. The molecule has 2 aromatic rings. The Kier molecular flexibility index (Phi) is 7.14. The van der Waals surface area contributed by atoms with Gasteiger partial charge in [0.1, 0.15) is 5.75 Å². The average molecular weight is 373 g/mol. The van der Waals surface area contributed by atoms with E-state index in [1.165, 1.54) is 12.1 Å². The molecule has 0 aromatic heterocycles. The standard InChI is InChI=1S/C19H20ClF3O2/c20-12-3-13-25-16-9-6-15(7-10-16)18(24)11-8-14-4-1-2-5-17(14)19(21,22)23/h1-2,4-7,9-10,18,24H,3,8,11-13H2. The number of hydrogen-bond acceptors (Lipinski definition) is 2. The Morgan fingerprint density at radius 3 is 2.36 bits per heavy atom. The molecule has 0 aliphatic rings. The molecule has 0 saturated heterocycles. The number of aliphatic hydroxyl groups is 1. The van der Waals surface area contributed by atoms with Gasteiger partial charge in [0, 0.05) is 5.88 Å². The summed E-state index contributed by atoms with van der Waals surface area (Å²) in [5.74, 6) is 1.19. The van der Waals surface area contributed by atoms with Crippen molar-refractivity contribution in [2.24, 2.45) is 0 Å². The lowest BCUT2D eigenvalue weighted by atomic mass is 9.98. The van der Waals surface area contributed by atoms with Gasteiger partial charge in [-0.15, -0.1) is 11.6 Å². The Balaban J connectivity index is 1.96. The van der Waals surface area contributed by atoms with Crippen LogP contribution in [0, 0.1) is 0 Å². The van der Waals surface area contributed by atoms with E-state index < -0.39 is 17.8 Å². The first-order valence-corrected chi connectivity index (χ1v) is 8.57. The summed E-state index contributed by atoms with van der Waals surface area (Å²) in [6.45, 7) is 0.514. The smallest absolute Gasteiger partial charge is 0.416 e. The maximum Gasteiger partial charge on any atom is 0.416 e. The Labute approximate surface area is 150 Å². The summed E-state index contributed by atoms with van der Waals surface area (Å²) in [7, 11) is 0. The Bertz CT molecular complexity index is 656. The van der Waals surface area contributed by atoms with Crippen molar-refractivity contribution in [3.8, 4) is 5.75 Å². The zero-order valence-electron chi connectivity index (χ0n) is 13.6. The van der Waals surface area contributed by atoms with E-state index in [4.69, 9.17) is 16.3 Å². The van der Waals surface area contributed by atoms with Gasteiger partial charge in [-0.25, -0.2) is 0 Å². The predicted molar refractivity (Wildman–Crippen MR) is 92.0 cm³/mol. The molecular formula is C19H20ClF3O2. The van der Waals surface area contributed by atoms with E-state index >= 15 is 0 Å². The highest BCUT2D eigenvalue weighted by molar-refractivity contribution is 6.17. The van der Waals surface area contributed by atoms with Crippen LogP contribution in [0.25, 0.3) is 0 Å². The summed E-state index contributed by atoms with van der Waals surface area (Å²) < 4.78 is 44.4. The molecule has 2 rings (SSSR count). The van der Waals surface area contributed by atoms with Crippen molar-refractivity contribution in [2.75, 3.05) is 12.5 Å². The zero-order valence-corrected chi connectivity index (χ0v) is 14.4. The Morgan fingerprint density at radius 2 is 1.72 bits per heavy atom. The highest BCUT2D eigenvalue weighted by Gasteiger charge is 2.32. The lowest BCUT2D eigenvalue weighted by Crippen LogP contribution is -2.10. The summed E-state index contributed by atoms with van der Waals surface area (Å²) in [5, 5.41) is 10.2. The monoisotopic (exact) mass is 372 g/mol. The molecule has 6 heteroatoms. The maximum atomic E-state index is 13.0. The fourth-order valence-electron chi connectivity index (χ4n) is 2.50. The number of halogens is 4. The van der Waals surface area contributed by atoms with Gasteiger partial charge in [-0.2, -0.15) is 13.2 Å². The minimum atomic E-state index is -4.39. The van der Waals surface area contributed by atoms with Crippen molar-refractivity contribution < 1.29 is 23.0 Å². The molecule has 0 fully saturated rings. The van der Waals surface area contributed by atoms with Crippen LogP contribution in [0.5, 0.6) is 5.75 Å². The van der Waals surface area contributed by atoms with Crippen LogP contribution in [0.1, 0.15) is 35.6 Å². The number of benzene rings is 2. The summed E-state index contributed by atoms with van der Waals surface area (Å²) in [5.41, 5.74) is 0.189. The molecule has 0 radical (unpaired) electrons. The highest BCUT2D eigenvalue weighted by Crippen LogP contribution is 2.33. The van der Waals surface area contributed by atoms with Crippen molar-refractivity contribution in [3.05, 3.63) is 65.2 Å². The second-order valence-electron chi connectivity index (χ2n) is 5.67. The molecule has 2 aromatic carbocycles. The molecule has 0 bridgehead atoms. The van der Waals surface area contributed by atoms with E-state index in [9.17, 15) is 18.3 Å². The minimum Gasteiger partial charge on any atom is -0.494 e. The molecule has 1 N–H and O–H groups in total. The van der Waals surface area contributed by atoms with Gasteiger partial charge in [0.25, 0.3) is 0 Å². The van der Waals surface area contributed by atoms with Crippen LogP contribution in [0.2, 0.25) is 0 Å². The van der Waals surface area contributed by atoms with Gasteiger partial charge in [-0.3, -0.25) is 0 Å². The lowest BCUT2D eigenvalue weighted by molar-refractivity contribution is -0.138. The van der Waals surface area contributed by atoms with E-state index in [0.717, 1.165) is 12.5 Å². The van der Waals surface area contributed by atoms with E-state index in [2.05, 4.69) is 0 Å². The average Bonchev–Trinajstić information content (AvgIpc) is 2.60. The van der Waals surface area contributed by atoms with Crippen LogP contribution < -0.4 is 4.74 Å². The molecular weight excluding hydrogens is 353 g/mol. The van der Waals surface area contributed by atoms with E-state index in [0.29, 0.717) is 23.8 Å². The summed E-state index contributed by atoms with van der Waals surface area (Å²) in [6.07, 6.45) is -4.13. The van der Waals surface area contributed by atoms with Crippen LogP contribution in [-0.2, 0) is 12.6 Å². The highest BCUT2D eigenvalue weighted by atomic mass is 35.5. The van der Waals surface area contributed by atoms with Gasteiger partial charge in [-0.1, -0.05) is 30.3 Å². The van der Waals surface area contributed by atoms with Gasteiger partial charge in [0.05, 0.1) is 18.3 Å². The van der Waals surface area contributed by atoms with Gasteiger partial charge in [0.2, 0.25) is 0 Å². The van der Waals surface area contributed by atoms with Crippen LogP contribution in [0.15, 0.2) is 48.5 Å². The fourth-order valence-corrected chi connectivity index (χ4v) is 2.61. The van der Waals surface area contributed by atoms with Gasteiger partial charge >= 0.3 is 6.18 Å². The molecule has 2 nitrogen and oxygen atoms in total. The summed E-state index contributed by atoms with van der Waals surface area (Å²) in [4.78, 5) is 0. The van der Waals surface area contributed by atoms with Crippen LogP contribution in [-0.4, -0.2) is 17.6 Å². The first-order chi connectivity index (χ1) is 11.9. The summed E-state index contributed by atoms with van der Waals surface area (Å²) >= 11 is 5.58.